The summed E-state index contributed by atoms with van der Waals surface area (Å²) in [5.74, 6) is -0.778. The Labute approximate surface area is 146 Å². The van der Waals surface area contributed by atoms with Gasteiger partial charge in [-0.05, 0) is 24.6 Å². The van der Waals surface area contributed by atoms with Crippen molar-refractivity contribution in [3.63, 3.8) is 0 Å². The van der Waals surface area contributed by atoms with Crippen LogP contribution >= 0.6 is 0 Å². The van der Waals surface area contributed by atoms with Gasteiger partial charge in [-0.1, -0.05) is 48.5 Å². The zero-order valence-electron chi connectivity index (χ0n) is 14.0. The predicted molar refractivity (Wildman–Crippen MR) is 93.1 cm³/mol. The number of benzene rings is 2. The third kappa shape index (κ3) is 5.61. The molecule has 0 fully saturated rings. The molecule has 0 heterocycles. The fourth-order valence-corrected chi connectivity index (χ4v) is 2.18. The summed E-state index contributed by atoms with van der Waals surface area (Å²) in [5.41, 5.74) is 1.36. The minimum atomic E-state index is -1.45. The van der Waals surface area contributed by atoms with Gasteiger partial charge >= 0.3 is 12.1 Å². The number of anilines is 1. The number of carbonyl (C=O) groups excluding carboxylic acids is 2. The Morgan fingerprint density at radius 2 is 1.60 bits per heavy atom. The van der Waals surface area contributed by atoms with Crippen LogP contribution in [0.3, 0.4) is 0 Å². The summed E-state index contributed by atoms with van der Waals surface area (Å²) < 4.78 is 10.1. The highest BCUT2D eigenvalue weighted by molar-refractivity contribution is 5.89. The molecule has 2 rings (SSSR count). The lowest BCUT2D eigenvalue weighted by atomic mass is 10.2. The highest BCUT2D eigenvalue weighted by atomic mass is 16.6. The minimum absolute atomic E-state index is 0.0957. The van der Waals surface area contributed by atoms with Crippen molar-refractivity contribution >= 4 is 17.7 Å². The number of aliphatic hydroxyl groups excluding tert-OH is 1. The van der Waals surface area contributed by atoms with Crippen LogP contribution in [0.4, 0.5) is 10.5 Å². The molecule has 6 heteroatoms. The lowest BCUT2D eigenvalue weighted by Crippen LogP contribution is -2.41. The minimum Gasteiger partial charge on any atom is -0.464 e. The molecule has 0 bridgehead atoms. The van der Waals surface area contributed by atoms with Crippen molar-refractivity contribution in [3.05, 3.63) is 66.2 Å². The Hall–Kier alpha value is -2.86. The van der Waals surface area contributed by atoms with E-state index in [1.807, 2.05) is 30.3 Å². The fraction of sp³-hybridized carbons (Fsp3) is 0.263. The molecular weight excluding hydrogens is 322 g/mol. The van der Waals surface area contributed by atoms with Crippen molar-refractivity contribution in [2.75, 3.05) is 18.1 Å². The van der Waals surface area contributed by atoms with E-state index in [1.165, 1.54) is 4.90 Å². The number of para-hydroxylation sites is 1. The number of ether oxygens (including phenoxy) is 2. The average molecular weight is 343 g/mol. The molecule has 1 N–H and O–H groups in total. The summed E-state index contributed by atoms with van der Waals surface area (Å²) in [7, 11) is 0. The molecule has 0 spiro atoms. The first-order valence-corrected chi connectivity index (χ1v) is 7.99. The van der Waals surface area contributed by atoms with E-state index in [0.29, 0.717) is 5.69 Å². The summed E-state index contributed by atoms with van der Waals surface area (Å²) in [6.45, 7) is 1.64. The number of nitrogens with zero attached hydrogens (tertiary/aromatic N) is 1. The van der Waals surface area contributed by atoms with Crippen LogP contribution in [-0.2, 0) is 20.9 Å². The van der Waals surface area contributed by atoms with Crippen LogP contribution in [-0.4, -0.2) is 36.4 Å². The third-order valence-corrected chi connectivity index (χ3v) is 3.41. The van der Waals surface area contributed by atoms with Crippen molar-refractivity contribution in [2.45, 2.75) is 19.6 Å². The topological polar surface area (TPSA) is 76.1 Å². The highest BCUT2D eigenvalue weighted by Crippen LogP contribution is 2.16. The molecule has 132 valence electrons. The molecule has 0 aliphatic carbocycles. The standard InChI is InChI=1S/C19H21NO5/c1-2-24-18(22)17(21)13-20(16-11-7-4-8-12-16)19(23)25-14-15-9-5-3-6-10-15/h3-12,17,21H,2,13-14H2,1H3. The first-order chi connectivity index (χ1) is 12.1. The second-order valence-electron chi connectivity index (χ2n) is 5.25. The molecule has 2 aromatic carbocycles. The third-order valence-electron chi connectivity index (χ3n) is 3.41. The zero-order valence-corrected chi connectivity index (χ0v) is 14.0. The summed E-state index contributed by atoms with van der Waals surface area (Å²) in [4.78, 5) is 25.3. The molecule has 1 unspecified atom stereocenters. The molecule has 0 aromatic heterocycles. The quantitative estimate of drug-likeness (QED) is 0.782. The van der Waals surface area contributed by atoms with Gasteiger partial charge in [-0.25, -0.2) is 9.59 Å². The maximum atomic E-state index is 12.5. The number of esters is 1. The summed E-state index contributed by atoms with van der Waals surface area (Å²) in [6.07, 6.45) is -2.11. The largest absolute Gasteiger partial charge is 0.464 e. The van der Waals surface area contributed by atoms with Gasteiger partial charge in [0.05, 0.1) is 13.2 Å². The average Bonchev–Trinajstić information content (AvgIpc) is 2.65. The molecular formula is C19H21NO5. The van der Waals surface area contributed by atoms with Crippen molar-refractivity contribution in [1.82, 2.24) is 0 Å². The lowest BCUT2D eigenvalue weighted by molar-refractivity contribution is -0.152. The van der Waals surface area contributed by atoms with E-state index >= 15 is 0 Å². The van der Waals surface area contributed by atoms with E-state index in [4.69, 9.17) is 9.47 Å². The second-order valence-corrected chi connectivity index (χ2v) is 5.25. The molecule has 1 amide bonds. The normalized spacial score (nSPS) is 11.4. The summed E-state index contributed by atoms with van der Waals surface area (Å²) in [5, 5.41) is 9.99. The van der Waals surface area contributed by atoms with Crippen LogP contribution < -0.4 is 4.90 Å². The van der Waals surface area contributed by atoms with Crippen LogP contribution in [0.5, 0.6) is 0 Å². The molecule has 25 heavy (non-hydrogen) atoms. The Balaban J connectivity index is 2.08. The van der Waals surface area contributed by atoms with Crippen LogP contribution in [0.2, 0.25) is 0 Å². The van der Waals surface area contributed by atoms with Gasteiger partial charge in [0, 0.05) is 5.69 Å². The Bertz CT molecular complexity index is 675. The van der Waals surface area contributed by atoms with Gasteiger partial charge in [0.15, 0.2) is 6.10 Å². The number of hydrogen-bond acceptors (Lipinski definition) is 5. The summed E-state index contributed by atoms with van der Waals surface area (Å²) >= 11 is 0. The van der Waals surface area contributed by atoms with Crippen molar-refractivity contribution in [2.24, 2.45) is 0 Å². The molecule has 0 aliphatic rings. The first-order valence-electron chi connectivity index (χ1n) is 7.99. The van der Waals surface area contributed by atoms with Gasteiger partial charge in [0.25, 0.3) is 0 Å². The van der Waals surface area contributed by atoms with Crippen molar-refractivity contribution in [1.29, 1.82) is 0 Å². The first kappa shape index (κ1) is 18.5. The lowest BCUT2D eigenvalue weighted by Gasteiger charge is -2.24. The number of rotatable bonds is 7. The molecule has 0 saturated heterocycles. The number of amides is 1. The van der Waals surface area contributed by atoms with Gasteiger partial charge in [-0.2, -0.15) is 0 Å². The van der Waals surface area contributed by atoms with E-state index in [-0.39, 0.29) is 19.8 Å². The number of aliphatic hydroxyl groups is 1. The molecule has 2 aromatic rings. The zero-order chi connectivity index (χ0) is 18.1. The van der Waals surface area contributed by atoms with Gasteiger partial charge in [0.2, 0.25) is 0 Å². The molecule has 6 nitrogen and oxygen atoms in total. The second kappa shape index (κ2) is 9.44. The van der Waals surface area contributed by atoms with E-state index in [0.717, 1.165) is 5.56 Å². The van der Waals surface area contributed by atoms with Crippen LogP contribution in [0, 0.1) is 0 Å². The number of carbonyl (C=O) groups is 2. The van der Waals surface area contributed by atoms with E-state index < -0.39 is 18.2 Å². The van der Waals surface area contributed by atoms with Crippen LogP contribution in [0.25, 0.3) is 0 Å². The fourth-order valence-electron chi connectivity index (χ4n) is 2.18. The van der Waals surface area contributed by atoms with E-state index in [1.54, 1.807) is 37.3 Å². The molecule has 0 saturated carbocycles. The molecule has 0 radical (unpaired) electrons. The van der Waals surface area contributed by atoms with Crippen LogP contribution in [0.1, 0.15) is 12.5 Å². The Morgan fingerprint density at radius 3 is 2.20 bits per heavy atom. The van der Waals surface area contributed by atoms with Crippen molar-refractivity contribution < 1.29 is 24.2 Å². The van der Waals surface area contributed by atoms with Gasteiger partial charge in [-0.3, -0.25) is 4.90 Å². The summed E-state index contributed by atoms with van der Waals surface area (Å²) in [6, 6.07) is 18.0. The monoisotopic (exact) mass is 343 g/mol. The van der Waals surface area contributed by atoms with Gasteiger partial charge in [0.1, 0.15) is 6.61 Å². The Kier molecular flexibility index (Phi) is 6.98. The van der Waals surface area contributed by atoms with Gasteiger partial charge in [-0.15, -0.1) is 0 Å². The van der Waals surface area contributed by atoms with Crippen LogP contribution in [0.15, 0.2) is 60.7 Å². The molecule has 1 atom stereocenters. The smallest absolute Gasteiger partial charge is 0.414 e. The maximum absolute atomic E-state index is 12.5. The SMILES string of the molecule is CCOC(=O)C(O)CN(C(=O)OCc1ccccc1)c1ccccc1. The van der Waals surface area contributed by atoms with Gasteiger partial charge < -0.3 is 14.6 Å². The van der Waals surface area contributed by atoms with Crippen molar-refractivity contribution in [3.8, 4) is 0 Å². The number of hydrogen-bond donors (Lipinski definition) is 1. The van der Waals surface area contributed by atoms with E-state index in [2.05, 4.69) is 0 Å². The Morgan fingerprint density at radius 1 is 1.00 bits per heavy atom. The predicted octanol–water partition coefficient (Wildman–Crippen LogP) is 2.75. The molecule has 0 aliphatic heterocycles. The van der Waals surface area contributed by atoms with E-state index in [9.17, 15) is 14.7 Å². The maximum Gasteiger partial charge on any atom is 0.414 e. The highest BCUT2D eigenvalue weighted by Gasteiger charge is 2.25.